The first-order chi connectivity index (χ1) is 8.74. The van der Waals surface area contributed by atoms with Gasteiger partial charge in [0.1, 0.15) is 6.07 Å². The van der Waals surface area contributed by atoms with E-state index in [1.165, 1.54) is 25.7 Å². The smallest absolute Gasteiger partial charge is 0.101 e. The van der Waals surface area contributed by atoms with Crippen LogP contribution < -0.4 is 4.90 Å². The van der Waals surface area contributed by atoms with Crippen LogP contribution >= 0.6 is 0 Å². The summed E-state index contributed by atoms with van der Waals surface area (Å²) in [5, 5.41) is 18.3. The Morgan fingerprint density at radius 1 is 1.39 bits per heavy atom. The van der Waals surface area contributed by atoms with E-state index in [-0.39, 0.29) is 6.61 Å². The van der Waals surface area contributed by atoms with Gasteiger partial charge in [-0.25, -0.2) is 0 Å². The lowest BCUT2D eigenvalue weighted by Crippen LogP contribution is -2.24. The van der Waals surface area contributed by atoms with E-state index in [0.717, 1.165) is 23.7 Å². The molecule has 1 fully saturated rings. The second-order valence-electron chi connectivity index (χ2n) is 5.15. The summed E-state index contributed by atoms with van der Waals surface area (Å²) in [5.41, 5.74) is 2.42. The quantitative estimate of drug-likeness (QED) is 0.885. The van der Waals surface area contributed by atoms with Gasteiger partial charge in [-0.2, -0.15) is 5.26 Å². The maximum atomic E-state index is 9.19. The van der Waals surface area contributed by atoms with Crippen molar-refractivity contribution < 1.29 is 5.11 Å². The van der Waals surface area contributed by atoms with Gasteiger partial charge in [-0.15, -0.1) is 0 Å². The van der Waals surface area contributed by atoms with Crippen molar-refractivity contribution in [1.29, 1.82) is 5.26 Å². The molecule has 1 N–H and O–H groups in total. The highest BCUT2D eigenvalue weighted by molar-refractivity contribution is 5.60. The molecule has 0 amide bonds. The molecule has 0 atom stereocenters. The minimum absolute atomic E-state index is 0.0126. The molecule has 0 aromatic heterocycles. The van der Waals surface area contributed by atoms with Gasteiger partial charge in [0.05, 0.1) is 17.9 Å². The van der Waals surface area contributed by atoms with Crippen molar-refractivity contribution in [2.24, 2.45) is 5.92 Å². The van der Waals surface area contributed by atoms with Crippen LogP contribution in [0.3, 0.4) is 0 Å². The number of aliphatic hydroxyl groups is 1. The van der Waals surface area contributed by atoms with Crippen molar-refractivity contribution in [3.05, 3.63) is 29.3 Å². The van der Waals surface area contributed by atoms with E-state index < -0.39 is 0 Å². The topological polar surface area (TPSA) is 47.3 Å². The minimum atomic E-state index is -0.0126. The lowest BCUT2D eigenvalue weighted by atomic mass is 10.1. The number of aliphatic hydroxyl groups excluding tert-OH is 1. The van der Waals surface area contributed by atoms with Crippen molar-refractivity contribution >= 4 is 5.69 Å². The number of benzene rings is 1. The van der Waals surface area contributed by atoms with Gasteiger partial charge >= 0.3 is 0 Å². The van der Waals surface area contributed by atoms with E-state index in [9.17, 15) is 5.26 Å². The molecule has 18 heavy (non-hydrogen) atoms. The number of hydrogen-bond donors (Lipinski definition) is 1. The molecular formula is C15H20N2O. The Labute approximate surface area is 109 Å². The second kappa shape index (κ2) is 5.88. The van der Waals surface area contributed by atoms with E-state index in [1.807, 2.05) is 19.2 Å². The van der Waals surface area contributed by atoms with Crippen LogP contribution in [0.25, 0.3) is 0 Å². The summed E-state index contributed by atoms with van der Waals surface area (Å²) in [6.07, 6.45) is 5.29. The van der Waals surface area contributed by atoms with Crippen LogP contribution in [-0.4, -0.2) is 18.7 Å². The Bertz CT molecular complexity index is 444. The third-order valence-electron chi connectivity index (χ3n) is 3.78. The average Bonchev–Trinajstić information content (AvgIpc) is 2.90. The predicted molar refractivity (Wildman–Crippen MR) is 72.3 cm³/mol. The van der Waals surface area contributed by atoms with Crippen LogP contribution in [0.2, 0.25) is 0 Å². The molecule has 1 saturated carbocycles. The summed E-state index contributed by atoms with van der Waals surface area (Å²) in [5.74, 6) is 0.763. The molecule has 0 unspecified atom stereocenters. The fraction of sp³-hybridized carbons (Fsp3) is 0.533. The molecule has 1 aliphatic rings. The molecular weight excluding hydrogens is 224 g/mol. The van der Waals surface area contributed by atoms with Crippen molar-refractivity contribution in [2.45, 2.75) is 32.3 Å². The monoisotopic (exact) mass is 244 g/mol. The molecule has 0 spiro atoms. The maximum absolute atomic E-state index is 9.19. The van der Waals surface area contributed by atoms with Crippen LogP contribution in [-0.2, 0) is 6.61 Å². The summed E-state index contributed by atoms with van der Waals surface area (Å²) < 4.78 is 0. The molecule has 1 aliphatic carbocycles. The van der Waals surface area contributed by atoms with Gasteiger partial charge in [-0.1, -0.05) is 18.9 Å². The van der Waals surface area contributed by atoms with Gasteiger partial charge in [0.25, 0.3) is 0 Å². The number of rotatable bonds is 4. The van der Waals surface area contributed by atoms with E-state index >= 15 is 0 Å². The fourth-order valence-corrected chi connectivity index (χ4v) is 2.78. The molecule has 96 valence electrons. The molecule has 0 radical (unpaired) electrons. The summed E-state index contributed by atoms with van der Waals surface area (Å²) in [6.45, 7) is 1.01. The maximum Gasteiger partial charge on any atom is 0.101 e. The molecule has 3 heteroatoms. The van der Waals surface area contributed by atoms with Gasteiger partial charge in [0.2, 0.25) is 0 Å². The minimum Gasteiger partial charge on any atom is -0.392 e. The van der Waals surface area contributed by atoms with Crippen LogP contribution in [0.5, 0.6) is 0 Å². The van der Waals surface area contributed by atoms with Crippen molar-refractivity contribution in [1.82, 2.24) is 0 Å². The zero-order valence-corrected chi connectivity index (χ0v) is 10.9. The lowest BCUT2D eigenvalue weighted by Gasteiger charge is -2.24. The molecule has 0 aliphatic heterocycles. The van der Waals surface area contributed by atoms with Crippen molar-refractivity contribution in [2.75, 3.05) is 18.5 Å². The van der Waals surface area contributed by atoms with Crippen LogP contribution in [0.1, 0.15) is 36.8 Å². The van der Waals surface area contributed by atoms with E-state index in [0.29, 0.717) is 5.56 Å². The number of nitriles is 1. The second-order valence-corrected chi connectivity index (χ2v) is 5.15. The summed E-state index contributed by atoms with van der Waals surface area (Å²) in [6, 6.07) is 7.84. The Kier molecular flexibility index (Phi) is 4.22. The van der Waals surface area contributed by atoms with Crippen LogP contribution in [0.15, 0.2) is 18.2 Å². The normalized spacial score (nSPS) is 15.6. The van der Waals surface area contributed by atoms with Gasteiger partial charge < -0.3 is 10.0 Å². The summed E-state index contributed by atoms with van der Waals surface area (Å²) in [7, 11) is 2.05. The summed E-state index contributed by atoms with van der Waals surface area (Å²) >= 11 is 0. The Balaban J connectivity index is 2.13. The average molecular weight is 244 g/mol. The van der Waals surface area contributed by atoms with E-state index in [4.69, 9.17) is 5.11 Å². The van der Waals surface area contributed by atoms with Crippen molar-refractivity contribution in [3.8, 4) is 6.07 Å². The first-order valence-electron chi connectivity index (χ1n) is 6.59. The SMILES string of the molecule is CN(CC1CCCC1)c1ccc(CO)cc1C#N. The molecule has 0 heterocycles. The number of anilines is 1. The number of nitrogens with zero attached hydrogens (tertiary/aromatic N) is 2. The van der Waals surface area contributed by atoms with Crippen molar-refractivity contribution in [3.63, 3.8) is 0 Å². The Morgan fingerprint density at radius 3 is 2.72 bits per heavy atom. The van der Waals surface area contributed by atoms with Gasteiger partial charge in [0.15, 0.2) is 0 Å². The van der Waals surface area contributed by atoms with E-state index in [2.05, 4.69) is 11.0 Å². The van der Waals surface area contributed by atoms with Gasteiger partial charge in [-0.05, 0) is 36.5 Å². The van der Waals surface area contributed by atoms with Crippen LogP contribution in [0, 0.1) is 17.2 Å². The highest BCUT2D eigenvalue weighted by Crippen LogP contribution is 2.28. The molecule has 0 saturated heterocycles. The third-order valence-corrected chi connectivity index (χ3v) is 3.78. The largest absolute Gasteiger partial charge is 0.392 e. The number of hydrogen-bond acceptors (Lipinski definition) is 3. The van der Waals surface area contributed by atoms with Gasteiger partial charge in [0, 0.05) is 13.6 Å². The molecule has 1 aromatic carbocycles. The fourth-order valence-electron chi connectivity index (χ4n) is 2.78. The molecule has 2 rings (SSSR count). The first kappa shape index (κ1) is 12.9. The Hall–Kier alpha value is -1.53. The van der Waals surface area contributed by atoms with E-state index in [1.54, 1.807) is 6.07 Å². The predicted octanol–water partition coefficient (Wildman–Crippen LogP) is 2.68. The molecule has 1 aromatic rings. The molecule has 3 nitrogen and oxygen atoms in total. The standard InChI is InChI=1S/C15H20N2O/c1-17(10-12-4-2-3-5-12)15-7-6-13(11-18)8-14(15)9-16/h6-8,12,18H,2-5,10-11H2,1H3. The van der Waals surface area contributed by atoms with Gasteiger partial charge in [-0.3, -0.25) is 0 Å². The third kappa shape index (κ3) is 2.83. The zero-order valence-electron chi connectivity index (χ0n) is 10.9. The van der Waals surface area contributed by atoms with Crippen LogP contribution in [0.4, 0.5) is 5.69 Å². The molecule has 0 bridgehead atoms. The highest BCUT2D eigenvalue weighted by Gasteiger charge is 2.18. The first-order valence-corrected chi connectivity index (χ1v) is 6.59. The summed E-state index contributed by atoms with van der Waals surface area (Å²) in [4.78, 5) is 2.18. The zero-order chi connectivity index (χ0) is 13.0. The Morgan fingerprint density at radius 2 is 2.11 bits per heavy atom. The lowest BCUT2D eigenvalue weighted by molar-refractivity contribution is 0.282. The highest BCUT2D eigenvalue weighted by atomic mass is 16.3.